The first-order valence-electron chi connectivity index (χ1n) is 4.76. The lowest BCUT2D eigenvalue weighted by atomic mass is 9.78. The number of carbonyl (C=O) groups is 2. The number of carbonyl (C=O) groups excluding carboxylic acids is 2. The number of hydrogen-bond acceptors (Lipinski definition) is 3. The Hall–Kier alpha value is -1.12. The third-order valence-corrected chi connectivity index (χ3v) is 2.33. The summed E-state index contributed by atoms with van der Waals surface area (Å²) in [4.78, 5) is 22.1. The molecule has 0 saturated carbocycles. The van der Waals surface area contributed by atoms with Gasteiger partial charge in [0.15, 0.2) is 5.78 Å². The van der Waals surface area contributed by atoms with E-state index in [1.807, 2.05) is 6.08 Å². The first kappa shape index (κ1) is 11.0. The van der Waals surface area contributed by atoms with E-state index in [1.54, 1.807) is 0 Å². The zero-order valence-electron chi connectivity index (χ0n) is 8.92. The van der Waals surface area contributed by atoms with Crippen molar-refractivity contribution >= 4 is 11.8 Å². The van der Waals surface area contributed by atoms with E-state index < -0.39 is 0 Å². The van der Waals surface area contributed by atoms with Gasteiger partial charge in [-0.15, -0.1) is 0 Å². The van der Waals surface area contributed by atoms with Crippen molar-refractivity contribution in [2.45, 2.75) is 33.6 Å². The zero-order valence-corrected chi connectivity index (χ0v) is 8.92. The van der Waals surface area contributed by atoms with E-state index in [0.717, 1.165) is 6.42 Å². The van der Waals surface area contributed by atoms with Crippen LogP contribution in [0.1, 0.15) is 33.6 Å². The average Bonchev–Trinajstić information content (AvgIpc) is 2.00. The van der Waals surface area contributed by atoms with Crippen molar-refractivity contribution in [1.29, 1.82) is 0 Å². The molecule has 1 aliphatic rings. The molecule has 0 heterocycles. The molecule has 0 aromatic rings. The first-order chi connectivity index (χ1) is 6.41. The standard InChI is InChI=1S/C11H16O3/c1-8(12)14-7-9-4-5-11(2,3)6-10(9)13/h4H,5-7H2,1-3H3. The van der Waals surface area contributed by atoms with Crippen molar-refractivity contribution in [3.63, 3.8) is 0 Å². The SMILES string of the molecule is CC(=O)OCC1=CCC(C)(C)CC1=O. The van der Waals surface area contributed by atoms with Crippen LogP contribution in [-0.2, 0) is 14.3 Å². The van der Waals surface area contributed by atoms with Crippen molar-refractivity contribution in [2.24, 2.45) is 5.41 Å². The molecule has 0 N–H and O–H groups in total. The Balaban J connectivity index is 2.59. The lowest BCUT2D eigenvalue weighted by molar-refractivity contribution is -0.140. The molecule has 0 fully saturated rings. The summed E-state index contributed by atoms with van der Waals surface area (Å²) in [6.07, 6.45) is 3.30. The lowest BCUT2D eigenvalue weighted by Gasteiger charge is -2.27. The number of esters is 1. The van der Waals surface area contributed by atoms with Crippen LogP contribution < -0.4 is 0 Å². The predicted octanol–water partition coefficient (Wildman–Crippen LogP) is 1.86. The summed E-state index contributed by atoms with van der Waals surface area (Å²) in [5.41, 5.74) is 0.691. The topological polar surface area (TPSA) is 43.4 Å². The van der Waals surface area contributed by atoms with E-state index in [9.17, 15) is 9.59 Å². The summed E-state index contributed by atoms with van der Waals surface area (Å²) in [6, 6.07) is 0. The summed E-state index contributed by atoms with van der Waals surface area (Å²) in [7, 11) is 0. The summed E-state index contributed by atoms with van der Waals surface area (Å²) in [5.74, 6) is -0.244. The number of rotatable bonds is 2. The van der Waals surface area contributed by atoms with Gasteiger partial charge < -0.3 is 4.74 Å². The minimum atomic E-state index is -0.344. The van der Waals surface area contributed by atoms with Gasteiger partial charge in [-0.3, -0.25) is 9.59 Å². The highest BCUT2D eigenvalue weighted by Crippen LogP contribution is 2.32. The van der Waals surface area contributed by atoms with Gasteiger partial charge in [0, 0.05) is 18.9 Å². The van der Waals surface area contributed by atoms with Crippen LogP contribution in [0.3, 0.4) is 0 Å². The zero-order chi connectivity index (χ0) is 10.8. The van der Waals surface area contributed by atoms with Gasteiger partial charge in [0.05, 0.1) is 0 Å². The molecule has 0 amide bonds. The van der Waals surface area contributed by atoms with E-state index in [-0.39, 0.29) is 23.8 Å². The second-order valence-electron chi connectivity index (χ2n) is 4.48. The number of ether oxygens (including phenoxy) is 1. The first-order valence-corrected chi connectivity index (χ1v) is 4.76. The summed E-state index contributed by atoms with van der Waals surface area (Å²) >= 11 is 0. The molecule has 78 valence electrons. The normalized spacial score (nSPS) is 20.2. The van der Waals surface area contributed by atoms with Crippen LogP contribution >= 0.6 is 0 Å². The van der Waals surface area contributed by atoms with Gasteiger partial charge in [-0.1, -0.05) is 19.9 Å². The predicted molar refractivity (Wildman–Crippen MR) is 52.7 cm³/mol. The van der Waals surface area contributed by atoms with Crippen LogP contribution in [0.5, 0.6) is 0 Å². The van der Waals surface area contributed by atoms with E-state index in [2.05, 4.69) is 13.8 Å². The van der Waals surface area contributed by atoms with Crippen LogP contribution in [0.15, 0.2) is 11.6 Å². The van der Waals surface area contributed by atoms with E-state index >= 15 is 0 Å². The molecular weight excluding hydrogens is 180 g/mol. The van der Waals surface area contributed by atoms with Crippen LogP contribution in [-0.4, -0.2) is 18.4 Å². The Morgan fingerprint density at radius 1 is 1.57 bits per heavy atom. The molecule has 3 nitrogen and oxygen atoms in total. The summed E-state index contributed by atoms with van der Waals surface area (Å²) < 4.78 is 4.79. The molecule has 0 atom stereocenters. The van der Waals surface area contributed by atoms with Gasteiger partial charge in [0.25, 0.3) is 0 Å². The largest absolute Gasteiger partial charge is 0.461 e. The molecule has 0 unspecified atom stereocenters. The van der Waals surface area contributed by atoms with Crippen molar-refractivity contribution in [1.82, 2.24) is 0 Å². The molecule has 0 aromatic heterocycles. The van der Waals surface area contributed by atoms with Crippen LogP contribution in [0.4, 0.5) is 0 Å². The third kappa shape index (κ3) is 2.98. The minimum absolute atomic E-state index is 0.0524. The summed E-state index contributed by atoms with van der Waals surface area (Å²) in [6.45, 7) is 5.59. The highest BCUT2D eigenvalue weighted by atomic mass is 16.5. The Morgan fingerprint density at radius 2 is 2.21 bits per heavy atom. The molecule has 3 heteroatoms. The van der Waals surface area contributed by atoms with Crippen molar-refractivity contribution in [2.75, 3.05) is 6.61 Å². The van der Waals surface area contributed by atoms with Crippen molar-refractivity contribution in [3.05, 3.63) is 11.6 Å². The molecule has 14 heavy (non-hydrogen) atoms. The number of allylic oxidation sites excluding steroid dienone is 1. The summed E-state index contributed by atoms with van der Waals surface area (Å²) in [5, 5.41) is 0. The fraction of sp³-hybridized carbons (Fsp3) is 0.636. The molecule has 0 aromatic carbocycles. The molecule has 1 aliphatic carbocycles. The Bertz CT molecular complexity index is 287. The smallest absolute Gasteiger partial charge is 0.302 e. The fourth-order valence-corrected chi connectivity index (χ4v) is 1.45. The number of ketones is 1. The monoisotopic (exact) mass is 196 g/mol. The number of Topliss-reactive ketones (excluding diaryl/α,β-unsaturated/α-hetero) is 1. The van der Waals surface area contributed by atoms with E-state index in [1.165, 1.54) is 6.92 Å². The highest BCUT2D eigenvalue weighted by Gasteiger charge is 2.27. The molecule has 0 bridgehead atoms. The maximum atomic E-state index is 11.6. The number of hydrogen-bond donors (Lipinski definition) is 0. The average molecular weight is 196 g/mol. The third-order valence-electron chi connectivity index (χ3n) is 2.33. The second kappa shape index (κ2) is 3.95. The molecule has 0 radical (unpaired) electrons. The maximum absolute atomic E-state index is 11.6. The second-order valence-corrected chi connectivity index (χ2v) is 4.48. The van der Waals surface area contributed by atoms with Gasteiger partial charge in [-0.05, 0) is 11.8 Å². The van der Waals surface area contributed by atoms with Crippen molar-refractivity contribution in [3.8, 4) is 0 Å². The van der Waals surface area contributed by atoms with Gasteiger partial charge in [-0.25, -0.2) is 0 Å². The van der Waals surface area contributed by atoms with Gasteiger partial charge in [0.2, 0.25) is 0 Å². The van der Waals surface area contributed by atoms with Gasteiger partial charge in [-0.2, -0.15) is 0 Å². The highest BCUT2D eigenvalue weighted by molar-refractivity contribution is 5.97. The molecule has 0 saturated heterocycles. The molecule has 0 spiro atoms. The lowest BCUT2D eigenvalue weighted by Crippen LogP contribution is -2.24. The fourth-order valence-electron chi connectivity index (χ4n) is 1.45. The van der Waals surface area contributed by atoms with E-state index in [4.69, 9.17) is 4.74 Å². The molecule has 1 rings (SSSR count). The Kier molecular flexibility index (Phi) is 3.09. The Morgan fingerprint density at radius 3 is 2.71 bits per heavy atom. The molecule has 0 aliphatic heterocycles. The van der Waals surface area contributed by atoms with Gasteiger partial charge in [0.1, 0.15) is 6.61 Å². The Labute approximate surface area is 84.1 Å². The minimum Gasteiger partial charge on any atom is -0.461 e. The van der Waals surface area contributed by atoms with Crippen LogP contribution in [0.2, 0.25) is 0 Å². The van der Waals surface area contributed by atoms with Gasteiger partial charge >= 0.3 is 5.97 Å². The molecular formula is C11H16O3. The van der Waals surface area contributed by atoms with Crippen molar-refractivity contribution < 1.29 is 14.3 Å². The van der Waals surface area contributed by atoms with Crippen LogP contribution in [0.25, 0.3) is 0 Å². The van der Waals surface area contributed by atoms with E-state index in [0.29, 0.717) is 12.0 Å². The van der Waals surface area contributed by atoms with Crippen LogP contribution in [0, 0.1) is 5.41 Å². The quantitative estimate of drug-likeness (QED) is 0.633. The maximum Gasteiger partial charge on any atom is 0.302 e.